The molecule has 1 spiro atoms. The molecule has 0 radical (unpaired) electrons. The first-order valence-electron chi connectivity index (χ1n) is 8.85. The van der Waals surface area contributed by atoms with Gasteiger partial charge in [-0.2, -0.15) is 0 Å². The van der Waals surface area contributed by atoms with Gasteiger partial charge in [0.2, 0.25) is 0 Å². The van der Waals surface area contributed by atoms with Crippen LogP contribution in [0.2, 0.25) is 10.0 Å². The summed E-state index contributed by atoms with van der Waals surface area (Å²) in [5.74, 6) is 2.61. The molecule has 3 heteroatoms. The molecule has 0 heterocycles. The molecule has 0 aliphatic heterocycles. The van der Waals surface area contributed by atoms with Crippen LogP contribution in [0.1, 0.15) is 24.8 Å². The summed E-state index contributed by atoms with van der Waals surface area (Å²) in [4.78, 5) is 0. The molecule has 0 saturated heterocycles. The van der Waals surface area contributed by atoms with Crippen LogP contribution < -0.4 is 0 Å². The molecule has 1 nitrogen and oxygen atoms in total. The van der Waals surface area contributed by atoms with Gasteiger partial charge in [0.05, 0.1) is 5.60 Å². The molecule has 4 unspecified atom stereocenters. The summed E-state index contributed by atoms with van der Waals surface area (Å²) in [6.07, 6.45) is 3.76. The molecular weight excluding hydrogens is 339 g/mol. The van der Waals surface area contributed by atoms with Gasteiger partial charge in [-0.3, -0.25) is 0 Å². The molecule has 122 valence electrons. The summed E-state index contributed by atoms with van der Waals surface area (Å²) in [6, 6.07) is 13.8. The molecule has 1 N–H and O–H groups in total. The Balaban J connectivity index is 1.53. The molecule has 4 aliphatic carbocycles. The number of halogens is 2. The number of hydrogen-bond acceptors (Lipinski definition) is 1. The van der Waals surface area contributed by atoms with Crippen molar-refractivity contribution < 1.29 is 5.11 Å². The van der Waals surface area contributed by atoms with Crippen LogP contribution >= 0.6 is 23.2 Å². The van der Waals surface area contributed by atoms with Gasteiger partial charge in [0, 0.05) is 15.6 Å². The lowest BCUT2D eigenvalue weighted by atomic mass is 9.14. The molecule has 4 saturated carbocycles. The van der Waals surface area contributed by atoms with E-state index in [9.17, 15) is 5.11 Å². The average molecular weight is 357 g/mol. The van der Waals surface area contributed by atoms with Crippen molar-refractivity contribution in [3.8, 4) is 11.1 Å². The fourth-order valence-electron chi connectivity index (χ4n) is 6.97. The van der Waals surface area contributed by atoms with E-state index in [0.29, 0.717) is 22.3 Å². The SMILES string of the molecule is OC1(c2cc(Cl)ccc2-c2ccccc2Cl)C2CC3CC4CC1C342. The highest BCUT2D eigenvalue weighted by atomic mass is 35.5. The van der Waals surface area contributed by atoms with Gasteiger partial charge in [-0.15, -0.1) is 0 Å². The normalized spacial score (nSPS) is 43.5. The number of benzene rings is 2. The zero-order chi connectivity index (χ0) is 16.3. The number of rotatable bonds is 2. The molecule has 2 aromatic carbocycles. The van der Waals surface area contributed by atoms with Crippen LogP contribution in [0.5, 0.6) is 0 Å². The van der Waals surface area contributed by atoms with Crippen molar-refractivity contribution in [1.82, 2.24) is 0 Å². The zero-order valence-electron chi connectivity index (χ0n) is 13.2. The van der Waals surface area contributed by atoms with Gasteiger partial charge in [-0.1, -0.05) is 47.5 Å². The minimum Gasteiger partial charge on any atom is -0.385 e. The van der Waals surface area contributed by atoms with Crippen LogP contribution in [0, 0.1) is 29.1 Å². The number of hydrogen-bond donors (Lipinski definition) is 1. The van der Waals surface area contributed by atoms with Gasteiger partial charge in [-0.25, -0.2) is 0 Å². The predicted octanol–water partition coefficient (Wildman–Crippen LogP) is 5.52. The van der Waals surface area contributed by atoms with Gasteiger partial charge in [0.1, 0.15) is 0 Å². The molecule has 6 rings (SSSR count). The van der Waals surface area contributed by atoms with E-state index in [1.165, 1.54) is 19.3 Å². The molecule has 4 aliphatic rings. The van der Waals surface area contributed by atoms with Crippen LogP contribution in [0.4, 0.5) is 0 Å². The van der Waals surface area contributed by atoms with Crippen molar-refractivity contribution in [3.63, 3.8) is 0 Å². The molecule has 0 amide bonds. The fourth-order valence-corrected chi connectivity index (χ4v) is 7.38. The van der Waals surface area contributed by atoms with E-state index in [-0.39, 0.29) is 0 Å². The predicted molar refractivity (Wildman–Crippen MR) is 96.0 cm³/mol. The lowest BCUT2D eigenvalue weighted by Crippen LogP contribution is -2.89. The Morgan fingerprint density at radius 3 is 2.25 bits per heavy atom. The van der Waals surface area contributed by atoms with Crippen LogP contribution in [-0.4, -0.2) is 5.11 Å². The van der Waals surface area contributed by atoms with Gasteiger partial charge >= 0.3 is 0 Å². The van der Waals surface area contributed by atoms with Crippen molar-refractivity contribution in [2.45, 2.75) is 24.9 Å². The van der Waals surface area contributed by atoms with E-state index in [4.69, 9.17) is 23.2 Å². The van der Waals surface area contributed by atoms with Crippen LogP contribution in [0.15, 0.2) is 42.5 Å². The second kappa shape index (κ2) is 4.20. The van der Waals surface area contributed by atoms with Crippen LogP contribution in [0.25, 0.3) is 11.1 Å². The van der Waals surface area contributed by atoms with Crippen molar-refractivity contribution in [2.24, 2.45) is 29.1 Å². The Labute approximate surface area is 151 Å². The van der Waals surface area contributed by atoms with E-state index in [2.05, 4.69) is 0 Å². The maximum atomic E-state index is 11.8. The maximum absolute atomic E-state index is 11.8. The Kier molecular flexibility index (Phi) is 2.48. The highest BCUT2D eigenvalue weighted by Gasteiger charge is 2.89. The highest BCUT2D eigenvalue weighted by molar-refractivity contribution is 6.33. The molecule has 0 bridgehead atoms. The summed E-state index contributed by atoms with van der Waals surface area (Å²) >= 11 is 12.8. The minimum atomic E-state index is -0.715. The second-order valence-electron chi connectivity index (χ2n) is 8.20. The first-order chi connectivity index (χ1) is 11.6. The molecule has 4 fully saturated rings. The zero-order valence-corrected chi connectivity index (χ0v) is 14.7. The largest absolute Gasteiger partial charge is 0.385 e. The first-order valence-corrected chi connectivity index (χ1v) is 9.60. The maximum Gasteiger partial charge on any atom is 0.0970 e. The van der Waals surface area contributed by atoms with E-state index in [1.54, 1.807) is 0 Å². The van der Waals surface area contributed by atoms with Crippen molar-refractivity contribution in [1.29, 1.82) is 0 Å². The Morgan fingerprint density at radius 2 is 1.58 bits per heavy atom. The quantitative estimate of drug-likeness (QED) is 0.750. The smallest absolute Gasteiger partial charge is 0.0970 e. The van der Waals surface area contributed by atoms with Crippen LogP contribution in [-0.2, 0) is 5.60 Å². The molecular formula is C21H18Cl2O. The van der Waals surface area contributed by atoms with E-state index >= 15 is 0 Å². The standard InChI is InChI=1S/C21H18Cl2O/c22-13-5-6-14(15-3-1-2-4-17(15)23)16(10-13)21(24)18-8-11-7-12-9-19(21)20(11,12)18/h1-6,10-12,18-19,24H,7-9H2. The Morgan fingerprint density at radius 1 is 0.875 bits per heavy atom. The van der Waals surface area contributed by atoms with Gasteiger partial charge in [0.25, 0.3) is 0 Å². The van der Waals surface area contributed by atoms with Crippen molar-refractivity contribution in [2.75, 3.05) is 0 Å². The van der Waals surface area contributed by atoms with Gasteiger partial charge in [0.15, 0.2) is 0 Å². The van der Waals surface area contributed by atoms with E-state index in [1.807, 2.05) is 42.5 Å². The minimum absolute atomic E-state index is 0.423. The Hall–Kier alpha value is -1.02. The van der Waals surface area contributed by atoms with E-state index < -0.39 is 5.60 Å². The highest BCUT2D eigenvalue weighted by Crippen LogP contribution is 2.92. The van der Waals surface area contributed by atoms with Crippen molar-refractivity contribution >= 4 is 23.2 Å². The van der Waals surface area contributed by atoms with Gasteiger partial charge < -0.3 is 5.11 Å². The van der Waals surface area contributed by atoms with Gasteiger partial charge in [-0.05, 0) is 77.7 Å². The van der Waals surface area contributed by atoms with E-state index in [0.717, 1.165) is 33.5 Å². The summed E-state index contributed by atoms with van der Waals surface area (Å²) in [6.45, 7) is 0. The topological polar surface area (TPSA) is 20.2 Å². The molecule has 24 heavy (non-hydrogen) atoms. The summed E-state index contributed by atoms with van der Waals surface area (Å²) < 4.78 is 0. The monoisotopic (exact) mass is 356 g/mol. The lowest BCUT2D eigenvalue weighted by molar-refractivity contribution is -0.467. The summed E-state index contributed by atoms with van der Waals surface area (Å²) in [5, 5.41) is 13.2. The van der Waals surface area contributed by atoms with Crippen LogP contribution in [0.3, 0.4) is 0 Å². The molecule has 4 atom stereocenters. The van der Waals surface area contributed by atoms with Crippen molar-refractivity contribution in [3.05, 3.63) is 58.1 Å². The average Bonchev–Trinajstić information content (AvgIpc) is 2.51. The third-order valence-corrected chi connectivity index (χ3v) is 8.44. The molecule has 0 aromatic heterocycles. The fraction of sp³-hybridized carbons (Fsp3) is 0.429. The molecule has 2 aromatic rings. The summed E-state index contributed by atoms with van der Waals surface area (Å²) in [7, 11) is 0. The first kappa shape index (κ1) is 14.2. The third kappa shape index (κ3) is 1.28. The lowest BCUT2D eigenvalue weighted by Gasteiger charge is -2.91. The Bertz CT molecular complexity index is 867. The summed E-state index contributed by atoms with van der Waals surface area (Å²) in [5.41, 5.74) is 2.79. The number of aliphatic hydroxyl groups is 1. The third-order valence-electron chi connectivity index (χ3n) is 7.87. The second-order valence-corrected chi connectivity index (χ2v) is 9.04.